The van der Waals surface area contributed by atoms with Crippen molar-refractivity contribution in [2.75, 3.05) is 7.05 Å². The van der Waals surface area contributed by atoms with Gasteiger partial charge < -0.3 is 10.6 Å². The molecule has 1 saturated carbocycles. The Hall–Kier alpha value is -0.570. The van der Waals surface area contributed by atoms with Gasteiger partial charge in [-0.1, -0.05) is 26.7 Å². The smallest absolute Gasteiger partial charge is 0.226 e. The van der Waals surface area contributed by atoms with Gasteiger partial charge in [-0.05, 0) is 25.7 Å². The lowest BCUT2D eigenvalue weighted by Gasteiger charge is -2.36. The highest BCUT2D eigenvalue weighted by Gasteiger charge is 2.28. The molecule has 4 unspecified atom stereocenters. The van der Waals surface area contributed by atoms with E-state index in [9.17, 15) is 4.79 Å². The van der Waals surface area contributed by atoms with E-state index in [2.05, 4.69) is 6.92 Å². The standard InChI is InChI=1S/C13H26N2O/c1-9-6-5-7-12(8-9)15(4)13(16)10(2)11(3)14/h9-12H,5-8,14H2,1-4H3. The summed E-state index contributed by atoms with van der Waals surface area (Å²) in [6.45, 7) is 6.11. The van der Waals surface area contributed by atoms with Crippen LogP contribution in [-0.4, -0.2) is 29.9 Å². The van der Waals surface area contributed by atoms with E-state index >= 15 is 0 Å². The summed E-state index contributed by atoms with van der Waals surface area (Å²) in [6.07, 6.45) is 4.85. The number of carbonyl (C=O) groups is 1. The molecule has 0 spiro atoms. The Bertz CT molecular complexity index is 240. The van der Waals surface area contributed by atoms with Gasteiger partial charge in [-0.2, -0.15) is 0 Å². The highest BCUT2D eigenvalue weighted by Crippen LogP contribution is 2.27. The lowest BCUT2D eigenvalue weighted by atomic mass is 9.86. The second-order valence-corrected chi connectivity index (χ2v) is 5.52. The van der Waals surface area contributed by atoms with Crippen molar-refractivity contribution in [2.24, 2.45) is 17.6 Å². The molecule has 94 valence electrons. The largest absolute Gasteiger partial charge is 0.342 e. The number of amides is 1. The van der Waals surface area contributed by atoms with Gasteiger partial charge in [0, 0.05) is 19.1 Å². The first kappa shape index (κ1) is 13.5. The molecular formula is C13H26N2O. The molecule has 3 nitrogen and oxygen atoms in total. The Kier molecular flexibility index (Phi) is 4.78. The molecule has 1 rings (SSSR count). The van der Waals surface area contributed by atoms with Crippen LogP contribution in [-0.2, 0) is 4.79 Å². The molecule has 0 aliphatic heterocycles. The summed E-state index contributed by atoms with van der Waals surface area (Å²) in [5.41, 5.74) is 5.78. The lowest BCUT2D eigenvalue weighted by Crippen LogP contribution is -2.46. The summed E-state index contributed by atoms with van der Waals surface area (Å²) in [5.74, 6) is 0.885. The molecule has 4 atom stereocenters. The van der Waals surface area contributed by atoms with E-state index in [0.717, 1.165) is 18.8 Å². The molecule has 0 heterocycles. The molecule has 1 amide bonds. The Morgan fingerprint density at radius 3 is 2.50 bits per heavy atom. The average Bonchev–Trinajstić information content (AvgIpc) is 2.26. The van der Waals surface area contributed by atoms with Gasteiger partial charge in [0.25, 0.3) is 0 Å². The first-order valence-electron chi connectivity index (χ1n) is 6.45. The predicted octanol–water partition coefficient (Wildman–Crippen LogP) is 2.01. The number of hydrogen-bond donors (Lipinski definition) is 1. The maximum atomic E-state index is 12.1. The van der Waals surface area contributed by atoms with Crippen LogP contribution in [0.1, 0.15) is 46.5 Å². The van der Waals surface area contributed by atoms with Crippen LogP contribution in [0.3, 0.4) is 0 Å². The van der Waals surface area contributed by atoms with Gasteiger partial charge in [-0.15, -0.1) is 0 Å². The van der Waals surface area contributed by atoms with E-state index < -0.39 is 0 Å². The molecule has 0 radical (unpaired) electrons. The third kappa shape index (κ3) is 3.21. The average molecular weight is 226 g/mol. The quantitative estimate of drug-likeness (QED) is 0.800. The van der Waals surface area contributed by atoms with Crippen LogP contribution >= 0.6 is 0 Å². The fraction of sp³-hybridized carbons (Fsp3) is 0.923. The number of rotatable bonds is 3. The van der Waals surface area contributed by atoms with Crippen molar-refractivity contribution in [2.45, 2.75) is 58.5 Å². The van der Waals surface area contributed by atoms with E-state index in [1.54, 1.807) is 0 Å². The minimum absolute atomic E-state index is 0.0593. The number of nitrogens with zero attached hydrogens (tertiary/aromatic N) is 1. The van der Waals surface area contributed by atoms with Crippen molar-refractivity contribution in [3.05, 3.63) is 0 Å². The molecule has 1 aliphatic carbocycles. The number of nitrogens with two attached hydrogens (primary N) is 1. The fourth-order valence-electron chi connectivity index (χ4n) is 2.48. The normalized spacial score (nSPS) is 29.6. The van der Waals surface area contributed by atoms with Crippen LogP contribution in [0.25, 0.3) is 0 Å². The van der Waals surface area contributed by atoms with Crippen LogP contribution < -0.4 is 5.73 Å². The molecule has 0 aromatic carbocycles. The van der Waals surface area contributed by atoms with Crippen molar-refractivity contribution < 1.29 is 4.79 Å². The zero-order valence-electron chi connectivity index (χ0n) is 11.1. The van der Waals surface area contributed by atoms with Gasteiger partial charge in [-0.3, -0.25) is 4.79 Å². The second-order valence-electron chi connectivity index (χ2n) is 5.52. The van der Waals surface area contributed by atoms with Crippen molar-refractivity contribution in [3.63, 3.8) is 0 Å². The van der Waals surface area contributed by atoms with Crippen LogP contribution in [0.2, 0.25) is 0 Å². The predicted molar refractivity (Wildman–Crippen MR) is 67.0 cm³/mol. The monoisotopic (exact) mass is 226 g/mol. The minimum Gasteiger partial charge on any atom is -0.342 e. The molecule has 0 aromatic rings. The highest BCUT2D eigenvalue weighted by molar-refractivity contribution is 5.79. The van der Waals surface area contributed by atoms with Crippen LogP contribution in [0.15, 0.2) is 0 Å². The van der Waals surface area contributed by atoms with Crippen molar-refractivity contribution in [1.29, 1.82) is 0 Å². The van der Waals surface area contributed by atoms with E-state index in [-0.39, 0.29) is 17.9 Å². The molecule has 1 aliphatic rings. The number of hydrogen-bond acceptors (Lipinski definition) is 2. The Morgan fingerprint density at radius 1 is 1.38 bits per heavy atom. The van der Waals surface area contributed by atoms with E-state index in [0.29, 0.717) is 6.04 Å². The summed E-state index contributed by atoms with van der Waals surface area (Å²) in [4.78, 5) is 14.1. The third-order valence-corrected chi connectivity index (χ3v) is 3.98. The molecular weight excluding hydrogens is 200 g/mol. The summed E-state index contributed by atoms with van der Waals surface area (Å²) >= 11 is 0. The zero-order valence-corrected chi connectivity index (χ0v) is 11.1. The van der Waals surface area contributed by atoms with Gasteiger partial charge in [0.1, 0.15) is 0 Å². The van der Waals surface area contributed by atoms with Crippen LogP contribution in [0.4, 0.5) is 0 Å². The fourth-order valence-corrected chi connectivity index (χ4v) is 2.48. The van der Waals surface area contributed by atoms with Crippen LogP contribution in [0, 0.1) is 11.8 Å². The first-order valence-corrected chi connectivity index (χ1v) is 6.45. The lowest BCUT2D eigenvalue weighted by molar-refractivity contribution is -0.137. The zero-order chi connectivity index (χ0) is 12.3. The summed E-state index contributed by atoms with van der Waals surface area (Å²) < 4.78 is 0. The molecule has 0 aromatic heterocycles. The van der Waals surface area contributed by atoms with E-state index in [4.69, 9.17) is 5.73 Å². The van der Waals surface area contributed by atoms with Gasteiger partial charge in [0.2, 0.25) is 5.91 Å². The van der Waals surface area contributed by atoms with Crippen molar-refractivity contribution in [1.82, 2.24) is 4.90 Å². The van der Waals surface area contributed by atoms with Gasteiger partial charge in [0.15, 0.2) is 0 Å². The van der Waals surface area contributed by atoms with E-state index in [1.807, 2.05) is 25.8 Å². The topological polar surface area (TPSA) is 46.3 Å². The summed E-state index contributed by atoms with van der Waals surface area (Å²) in [5, 5.41) is 0. The SMILES string of the molecule is CC1CCCC(N(C)C(=O)C(C)C(C)N)C1. The van der Waals surface area contributed by atoms with Gasteiger partial charge >= 0.3 is 0 Å². The minimum atomic E-state index is -0.0674. The molecule has 1 fully saturated rings. The third-order valence-electron chi connectivity index (χ3n) is 3.98. The number of carbonyl (C=O) groups excluding carboxylic acids is 1. The highest BCUT2D eigenvalue weighted by atomic mass is 16.2. The molecule has 0 bridgehead atoms. The maximum Gasteiger partial charge on any atom is 0.226 e. The van der Waals surface area contributed by atoms with E-state index in [1.165, 1.54) is 12.8 Å². The summed E-state index contributed by atoms with van der Waals surface area (Å²) in [6, 6.07) is 0.369. The second kappa shape index (κ2) is 5.67. The molecule has 16 heavy (non-hydrogen) atoms. The Morgan fingerprint density at radius 2 is 2.00 bits per heavy atom. The molecule has 0 saturated heterocycles. The summed E-state index contributed by atoms with van der Waals surface area (Å²) in [7, 11) is 1.93. The Balaban J connectivity index is 2.55. The van der Waals surface area contributed by atoms with Crippen molar-refractivity contribution in [3.8, 4) is 0 Å². The van der Waals surface area contributed by atoms with Gasteiger partial charge in [-0.25, -0.2) is 0 Å². The van der Waals surface area contributed by atoms with Crippen molar-refractivity contribution >= 4 is 5.91 Å². The van der Waals surface area contributed by atoms with Crippen LogP contribution in [0.5, 0.6) is 0 Å². The molecule has 2 N–H and O–H groups in total. The molecule has 3 heteroatoms. The van der Waals surface area contributed by atoms with Gasteiger partial charge in [0.05, 0.1) is 5.92 Å². The Labute approximate surface area is 99.4 Å². The maximum absolute atomic E-state index is 12.1. The first-order chi connectivity index (χ1) is 7.43.